The number of hydrogen-bond acceptors (Lipinski definition) is 3. The summed E-state index contributed by atoms with van der Waals surface area (Å²) in [6.45, 7) is 2.30. The molecular weight excluding hydrogens is 274 g/mol. The molecule has 0 amide bonds. The molecule has 0 saturated carbocycles. The van der Waals surface area contributed by atoms with Crippen molar-refractivity contribution in [3.05, 3.63) is 29.3 Å². The third kappa shape index (κ3) is 2.28. The summed E-state index contributed by atoms with van der Waals surface area (Å²) in [5.74, 6) is 0. The van der Waals surface area contributed by atoms with Gasteiger partial charge in [0.1, 0.15) is 0 Å². The van der Waals surface area contributed by atoms with E-state index in [2.05, 4.69) is 0 Å². The highest BCUT2D eigenvalue weighted by Crippen LogP contribution is 2.32. The first-order valence-electron chi connectivity index (χ1n) is 7.29. The van der Waals surface area contributed by atoms with Crippen LogP contribution >= 0.6 is 0 Å². The molecule has 2 aliphatic rings. The van der Waals surface area contributed by atoms with Gasteiger partial charge < -0.3 is 5.11 Å². The van der Waals surface area contributed by atoms with Gasteiger partial charge in [-0.1, -0.05) is 13.0 Å². The average Bonchev–Trinajstić information content (AvgIpc) is 2.43. The molecule has 0 radical (unpaired) electrons. The Morgan fingerprint density at radius 1 is 1.20 bits per heavy atom. The summed E-state index contributed by atoms with van der Waals surface area (Å²) in [7, 11) is -3.44. The third-order valence-electron chi connectivity index (χ3n) is 4.56. The second-order valence-electron chi connectivity index (χ2n) is 5.99. The minimum atomic E-state index is -3.44. The number of aryl methyl sites for hydroxylation is 2. The van der Waals surface area contributed by atoms with Crippen LogP contribution in [0.3, 0.4) is 0 Å². The summed E-state index contributed by atoms with van der Waals surface area (Å²) in [6.07, 6.45) is 4.93. The van der Waals surface area contributed by atoms with Crippen molar-refractivity contribution in [2.24, 2.45) is 0 Å². The first-order chi connectivity index (χ1) is 9.44. The average molecular weight is 295 g/mol. The van der Waals surface area contributed by atoms with E-state index in [1.165, 1.54) is 21.9 Å². The molecule has 5 heteroatoms. The van der Waals surface area contributed by atoms with Crippen molar-refractivity contribution in [3.8, 4) is 0 Å². The van der Waals surface area contributed by atoms with Gasteiger partial charge in [0.2, 0.25) is 10.0 Å². The molecule has 1 aliphatic carbocycles. The number of aliphatic hydroxyl groups is 1. The maximum atomic E-state index is 12.5. The van der Waals surface area contributed by atoms with Crippen LogP contribution in [-0.2, 0) is 22.9 Å². The van der Waals surface area contributed by atoms with E-state index in [9.17, 15) is 13.5 Å². The fourth-order valence-corrected chi connectivity index (χ4v) is 4.67. The van der Waals surface area contributed by atoms with Crippen molar-refractivity contribution >= 4 is 10.0 Å². The summed E-state index contributed by atoms with van der Waals surface area (Å²) in [6, 6.07) is 5.49. The van der Waals surface area contributed by atoms with Gasteiger partial charge in [-0.2, -0.15) is 4.31 Å². The summed E-state index contributed by atoms with van der Waals surface area (Å²) >= 11 is 0. The van der Waals surface area contributed by atoms with Gasteiger partial charge in [0.15, 0.2) is 0 Å². The second-order valence-corrected chi connectivity index (χ2v) is 7.93. The highest BCUT2D eigenvalue weighted by atomic mass is 32.2. The third-order valence-corrected chi connectivity index (χ3v) is 6.34. The molecule has 0 unspecified atom stereocenters. The van der Waals surface area contributed by atoms with Crippen molar-refractivity contribution in [3.63, 3.8) is 0 Å². The molecule has 1 N–H and O–H groups in total. The van der Waals surface area contributed by atoms with Crippen LogP contribution in [0, 0.1) is 0 Å². The molecular formula is C15H21NO3S. The van der Waals surface area contributed by atoms with Gasteiger partial charge >= 0.3 is 0 Å². The van der Waals surface area contributed by atoms with E-state index in [1.54, 1.807) is 6.07 Å². The lowest BCUT2D eigenvalue weighted by Gasteiger charge is -2.44. The van der Waals surface area contributed by atoms with Crippen LogP contribution in [0.1, 0.15) is 37.3 Å². The second kappa shape index (κ2) is 4.83. The number of fused-ring (bicyclic) bond motifs is 1. The fraction of sp³-hybridized carbons (Fsp3) is 0.600. The number of nitrogens with zero attached hydrogens (tertiary/aromatic N) is 1. The predicted molar refractivity (Wildman–Crippen MR) is 77.1 cm³/mol. The molecule has 0 atom stereocenters. The Hall–Kier alpha value is -0.910. The highest BCUT2D eigenvalue weighted by Gasteiger charge is 2.46. The summed E-state index contributed by atoms with van der Waals surface area (Å²) in [5, 5.41) is 9.99. The van der Waals surface area contributed by atoms with Crippen LogP contribution in [0.15, 0.2) is 23.1 Å². The van der Waals surface area contributed by atoms with Crippen LogP contribution in [0.4, 0.5) is 0 Å². The molecule has 0 spiro atoms. The molecule has 1 aromatic carbocycles. The first-order valence-corrected chi connectivity index (χ1v) is 8.73. The highest BCUT2D eigenvalue weighted by molar-refractivity contribution is 7.89. The number of β-amino-alcohol motifs (C(OH)–C–C–N with tert-alkyl or cyclic N) is 1. The minimum Gasteiger partial charge on any atom is -0.387 e. The van der Waals surface area contributed by atoms with E-state index >= 15 is 0 Å². The SMILES string of the molecule is CCC1(O)CN(S(=O)(=O)c2ccc3c(c2)CCCC3)C1. The topological polar surface area (TPSA) is 57.6 Å². The molecule has 20 heavy (non-hydrogen) atoms. The van der Waals surface area contributed by atoms with Gasteiger partial charge in [-0.05, 0) is 55.4 Å². The molecule has 1 fully saturated rings. The van der Waals surface area contributed by atoms with Crippen molar-refractivity contribution < 1.29 is 13.5 Å². The van der Waals surface area contributed by atoms with Gasteiger partial charge in [-0.3, -0.25) is 0 Å². The smallest absolute Gasteiger partial charge is 0.243 e. The van der Waals surface area contributed by atoms with Crippen LogP contribution in [0.5, 0.6) is 0 Å². The van der Waals surface area contributed by atoms with Crippen molar-refractivity contribution in [2.45, 2.75) is 49.5 Å². The van der Waals surface area contributed by atoms with Gasteiger partial charge in [0.05, 0.1) is 10.5 Å². The molecule has 110 valence electrons. The van der Waals surface area contributed by atoms with Gasteiger partial charge in [0.25, 0.3) is 0 Å². The quantitative estimate of drug-likeness (QED) is 0.923. The van der Waals surface area contributed by atoms with E-state index in [-0.39, 0.29) is 13.1 Å². The number of hydrogen-bond donors (Lipinski definition) is 1. The zero-order chi connectivity index (χ0) is 14.4. The Bertz CT molecular complexity index is 618. The summed E-state index contributed by atoms with van der Waals surface area (Å²) < 4.78 is 26.4. The van der Waals surface area contributed by atoms with Crippen molar-refractivity contribution in [1.29, 1.82) is 0 Å². The molecule has 4 nitrogen and oxygen atoms in total. The molecule has 1 heterocycles. The Morgan fingerprint density at radius 2 is 1.85 bits per heavy atom. The number of sulfonamides is 1. The van der Waals surface area contributed by atoms with E-state index in [1.807, 2.05) is 19.1 Å². The van der Waals surface area contributed by atoms with E-state index < -0.39 is 15.6 Å². The lowest BCUT2D eigenvalue weighted by molar-refractivity contribution is -0.0613. The lowest BCUT2D eigenvalue weighted by Crippen LogP contribution is -2.62. The first kappa shape index (κ1) is 14.0. The minimum absolute atomic E-state index is 0.211. The Morgan fingerprint density at radius 3 is 2.50 bits per heavy atom. The molecule has 0 aromatic heterocycles. The fourth-order valence-electron chi connectivity index (χ4n) is 3.02. The van der Waals surface area contributed by atoms with Crippen LogP contribution < -0.4 is 0 Å². The zero-order valence-electron chi connectivity index (χ0n) is 11.8. The Balaban J connectivity index is 1.85. The monoisotopic (exact) mass is 295 g/mol. The molecule has 1 aliphatic heterocycles. The van der Waals surface area contributed by atoms with Crippen molar-refractivity contribution in [1.82, 2.24) is 4.31 Å². The standard InChI is InChI=1S/C15H21NO3S/c1-2-15(17)10-16(11-15)20(18,19)14-8-7-12-5-3-4-6-13(12)9-14/h7-9,17H,2-6,10-11H2,1H3. The summed E-state index contributed by atoms with van der Waals surface area (Å²) in [5.41, 5.74) is 1.62. The zero-order valence-corrected chi connectivity index (χ0v) is 12.6. The number of benzene rings is 1. The molecule has 0 bridgehead atoms. The van der Waals surface area contributed by atoms with Gasteiger partial charge in [-0.25, -0.2) is 8.42 Å². The van der Waals surface area contributed by atoms with E-state index in [4.69, 9.17) is 0 Å². The summed E-state index contributed by atoms with van der Waals surface area (Å²) in [4.78, 5) is 0.372. The maximum absolute atomic E-state index is 12.5. The molecule has 3 rings (SSSR count). The number of rotatable bonds is 3. The normalized spacial score (nSPS) is 22.1. The molecule has 1 saturated heterocycles. The largest absolute Gasteiger partial charge is 0.387 e. The predicted octanol–water partition coefficient (Wildman–Crippen LogP) is 1.71. The molecule has 1 aromatic rings. The van der Waals surface area contributed by atoms with Crippen LogP contribution in [0.25, 0.3) is 0 Å². The van der Waals surface area contributed by atoms with E-state index in [0.717, 1.165) is 19.3 Å². The van der Waals surface area contributed by atoms with Gasteiger partial charge in [0, 0.05) is 13.1 Å². The van der Waals surface area contributed by atoms with Crippen LogP contribution in [-0.4, -0.2) is 36.5 Å². The van der Waals surface area contributed by atoms with Crippen LogP contribution in [0.2, 0.25) is 0 Å². The van der Waals surface area contributed by atoms with Gasteiger partial charge in [-0.15, -0.1) is 0 Å². The van der Waals surface area contributed by atoms with E-state index in [0.29, 0.717) is 11.3 Å². The lowest BCUT2D eigenvalue weighted by atomic mass is 9.92. The Kier molecular flexibility index (Phi) is 3.39. The Labute approximate surface area is 120 Å². The maximum Gasteiger partial charge on any atom is 0.243 e. The van der Waals surface area contributed by atoms with Crippen molar-refractivity contribution in [2.75, 3.05) is 13.1 Å².